The molecule has 2 fully saturated rings. The van der Waals surface area contributed by atoms with Gasteiger partial charge in [0.25, 0.3) is 0 Å². The quantitative estimate of drug-likeness (QED) is 0.529. The Bertz CT molecular complexity index is 853. The van der Waals surface area contributed by atoms with Gasteiger partial charge in [-0.2, -0.15) is 16.5 Å². The molecular formula is C21H32N4O4S2. The molecule has 31 heavy (non-hydrogen) atoms. The Morgan fingerprint density at radius 1 is 1.13 bits per heavy atom. The van der Waals surface area contributed by atoms with E-state index in [-0.39, 0.29) is 22.8 Å². The molecule has 1 aliphatic carbocycles. The number of benzene rings is 1. The summed E-state index contributed by atoms with van der Waals surface area (Å²) in [7, 11) is -3.78. The molecule has 0 aromatic heterocycles. The SMILES string of the molecule is CSCCC(NS(=O)(=O)c1ccccc1)C(=O)N1CCN(C(C)C(=O)NC2CC2)CC1. The van der Waals surface area contributed by atoms with E-state index in [1.54, 1.807) is 34.9 Å². The Hall–Kier alpha value is -1.62. The number of piperazine rings is 1. The van der Waals surface area contributed by atoms with Crippen LogP contribution in [0.5, 0.6) is 0 Å². The molecule has 8 nitrogen and oxygen atoms in total. The van der Waals surface area contributed by atoms with Crippen molar-refractivity contribution in [2.45, 2.75) is 49.2 Å². The Labute approximate surface area is 189 Å². The van der Waals surface area contributed by atoms with E-state index in [0.717, 1.165) is 12.8 Å². The van der Waals surface area contributed by atoms with E-state index in [4.69, 9.17) is 0 Å². The predicted molar refractivity (Wildman–Crippen MR) is 122 cm³/mol. The summed E-state index contributed by atoms with van der Waals surface area (Å²) in [6.07, 6.45) is 4.46. The molecule has 1 saturated heterocycles. The summed E-state index contributed by atoms with van der Waals surface area (Å²) in [6, 6.07) is 7.39. The molecule has 10 heteroatoms. The zero-order valence-electron chi connectivity index (χ0n) is 18.1. The largest absolute Gasteiger partial charge is 0.352 e. The van der Waals surface area contributed by atoms with Crippen LogP contribution in [-0.4, -0.2) is 86.3 Å². The van der Waals surface area contributed by atoms with E-state index in [0.29, 0.717) is 44.4 Å². The lowest BCUT2D eigenvalue weighted by atomic mass is 10.1. The third-order valence-electron chi connectivity index (χ3n) is 5.74. The van der Waals surface area contributed by atoms with Gasteiger partial charge in [-0.3, -0.25) is 14.5 Å². The molecule has 2 N–H and O–H groups in total. The van der Waals surface area contributed by atoms with Crippen LogP contribution in [0.1, 0.15) is 26.2 Å². The molecule has 0 radical (unpaired) electrons. The van der Waals surface area contributed by atoms with Gasteiger partial charge in [-0.1, -0.05) is 18.2 Å². The fourth-order valence-electron chi connectivity index (χ4n) is 3.59. The molecule has 3 rings (SSSR count). The monoisotopic (exact) mass is 468 g/mol. The maximum absolute atomic E-state index is 13.2. The molecule has 1 heterocycles. The lowest BCUT2D eigenvalue weighted by Crippen LogP contribution is -2.58. The van der Waals surface area contributed by atoms with Crippen LogP contribution in [0, 0.1) is 0 Å². The van der Waals surface area contributed by atoms with E-state index in [2.05, 4.69) is 14.9 Å². The van der Waals surface area contributed by atoms with Crippen molar-refractivity contribution in [1.82, 2.24) is 19.8 Å². The second-order valence-electron chi connectivity index (χ2n) is 8.09. The van der Waals surface area contributed by atoms with Crippen molar-refractivity contribution in [3.05, 3.63) is 30.3 Å². The van der Waals surface area contributed by atoms with Gasteiger partial charge < -0.3 is 10.2 Å². The van der Waals surface area contributed by atoms with Crippen molar-refractivity contribution >= 4 is 33.6 Å². The number of rotatable bonds is 10. The average Bonchev–Trinajstić information content (AvgIpc) is 3.60. The fourth-order valence-corrected chi connectivity index (χ4v) is 5.30. The number of carbonyl (C=O) groups is 2. The Morgan fingerprint density at radius 2 is 1.77 bits per heavy atom. The van der Waals surface area contributed by atoms with Crippen molar-refractivity contribution in [3.8, 4) is 0 Å². The van der Waals surface area contributed by atoms with Crippen LogP contribution in [0.25, 0.3) is 0 Å². The van der Waals surface area contributed by atoms with E-state index in [1.807, 2.05) is 13.2 Å². The van der Waals surface area contributed by atoms with Gasteiger partial charge in [-0.25, -0.2) is 8.42 Å². The molecule has 1 aromatic rings. The third kappa shape index (κ3) is 6.68. The Balaban J connectivity index is 1.59. The molecule has 2 atom stereocenters. The highest BCUT2D eigenvalue weighted by molar-refractivity contribution is 7.98. The normalized spacial score (nSPS) is 19.6. The minimum absolute atomic E-state index is 0.0377. The summed E-state index contributed by atoms with van der Waals surface area (Å²) in [5, 5.41) is 3.03. The minimum Gasteiger partial charge on any atom is -0.352 e. The zero-order chi connectivity index (χ0) is 22.4. The highest BCUT2D eigenvalue weighted by Crippen LogP contribution is 2.19. The first kappa shape index (κ1) is 24.0. The van der Waals surface area contributed by atoms with Crippen LogP contribution in [0.15, 0.2) is 35.2 Å². The molecule has 172 valence electrons. The third-order valence-corrected chi connectivity index (χ3v) is 7.87. The molecule has 2 unspecified atom stereocenters. The van der Waals surface area contributed by atoms with Crippen LogP contribution >= 0.6 is 11.8 Å². The van der Waals surface area contributed by atoms with Crippen LogP contribution < -0.4 is 10.0 Å². The van der Waals surface area contributed by atoms with E-state index >= 15 is 0 Å². The summed E-state index contributed by atoms with van der Waals surface area (Å²) in [4.78, 5) is 29.4. The molecule has 1 aliphatic heterocycles. The number of nitrogens with one attached hydrogen (secondary N) is 2. The minimum atomic E-state index is -3.78. The van der Waals surface area contributed by atoms with Gasteiger partial charge in [0.05, 0.1) is 10.9 Å². The van der Waals surface area contributed by atoms with Gasteiger partial charge in [0.2, 0.25) is 21.8 Å². The van der Waals surface area contributed by atoms with Crippen LogP contribution in [0.3, 0.4) is 0 Å². The first-order valence-electron chi connectivity index (χ1n) is 10.7. The first-order valence-corrected chi connectivity index (χ1v) is 13.6. The first-order chi connectivity index (χ1) is 14.8. The topological polar surface area (TPSA) is 98.8 Å². The summed E-state index contributed by atoms with van der Waals surface area (Å²) >= 11 is 1.57. The van der Waals surface area contributed by atoms with Gasteiger partial charge in [0.15, 0.2) is 0 Å². The van der Waals surface area contributed by atoms with Crippen LogP contribution in [0.4, 0.5) is 0 Å². The number of carbonyl (C=O) groups excluding carboxylic acids is 2. The maximum atomic E-state index is 13.2. The van der Waals surface area contributed by atoms with Crippen molar-refractivity contribution < 1.29 is 18.0 Å². The Morgan fingerprint density at radius 3 is 2.35 bits per heavy atom. The summed E-state index contributed by atoms with van der Waals surface area (Å²) < 4.78 is 28.1. The number of nitrogens with zero attached hydrogens (tertiary/aromatic N) is 2. The molecule has 1 aromatic carbocycles. The second-order valence-corrected chi connectivity index (χ2v) is 10.8. The highest BCUT2D eigenvalue weighted by atomic mass is 32.2. The smallest absolute Gasteiger partial charge is 0.241 e. The van der Waals surface area contributed by atoms with Crippen LogP contribution in [0.2, 0.25) is 0 Å². The molecular weight excluding hydrogens is 436 g/mol. The van der Waals surface area contributed by atoms with Crippen molar-refractivity contribution in [3.63, 3.8) is 0 Å². The predicted octanol–water partition coefficient (Wildman–Crippen LogP) is 0.898. The lowest BCUT2D eigenvalue weighted by molar-refractivity contribution is -0.136. The Kier molecular flexibility index (Phi) is 8.37. The number of hydrogen-bond acceptors (Lipinski definition) is 6. The van der Waals surface area contributed by atoms with E-state index < -0.39 is 16.1 Å². The summed E-state index contributed by atoms with van der Waals surface area (Å²) in [6.45, 7) is 4.02. The standard InChI is InChI=1S/C21H32N4O4S2/c1-16(20(26)22-17-8-9-17)24-11-13-25(14-12-24)21(27)19(10-15-30-2)23-31(28,29)18-6-4-3-5-7-18/h3-7,16-17,19,23H,8-15H2,1-2H3,(H,22,26). The van der Waals surface area contributed by atoms with Gasteiger partial charge >= 0.3 is 0 Å². The average molecular weight is 469 g/mol. The number of hydrogen-bond donors (Lipinski definition) is 2. The van der Waals surface area contributed by atoms with Crippen molar-refractivity contribution in [2.75, 3.05) is 38.2 Å². The van der Waals surface area contributed by atoms with Crippen molar-refractivity contribution in [1.29, 1.82) is 0 Å². The summed E-state index contributed by atoms with van der Waals surface area (Å²) in [5.74, 6) is 0.505. The van der Waals surface area contributed by atoms with Crippen LogP contribution in [-0.2, 0) is 19.6 Å². The maximum Gasteiger partial charge on any atom is 0.241 e. The lowest BCUT2D eigenvalue weighted by Gasteiger charge is -2.38. The van der Waals surface area contributed by atoms with E-state index in [1.165, 1.54) is 12.1 Å². The van der Waals surface area contributed by atoms with Gasteiger partial charge in [-0.05, 0) is 50.3 Å². The number of amides is 2. The molecule has 1 saturated carbocycles. The van der Waals surface area contributed by atoms with Crippen molar-refractivity contribution in [2.24, 2.45) is 0 Å². The number of thioether (sulfide) groups is 1. The molecule has 0 spiro atoms. The van der Waals surface area contributed by atoms with Gasteiger partial charge in [0, 0.05) is 32.2 Å². The highest BCUT2D eigenvalue weighted by Gasteiger charge is 2.34. The second kappa shape index (κ2) is 10.8. The summed E-state index contributed by atoms with van der Waals surface area (Å²) in [5.41, 5.74) is 0. The zero-order valence-corrected chi connectivity index (χ0v) is 19.8. The molecule has 2 amide bonds. The van der Waals surface area contributed by atoms with Gasteiger partial charge in [-0.15, -0.1) is 0 Å². The van der Waals surface area contributed by atoms with E-state index in [9.17, 15) is 18.0 Å². The van der Waals surface area contributed by atoms with Gasteiger partial charge in [0.1, 0.15) is 6.04 Å². The fraction of sp³-hybridized carbons (Fsp3) is 0.619. The molecule has 2 aliphatic rings. The number of sulfonamides is 1. The molecule has 0 bridgehead atoms.